The molecule has 0 saturated carbocycles. The molecule has 0 radical (unpaired) electrons. The van der Waals surface area contributed by atoms with Crippen LogP contribution in [-0.2, 0) is 4.74 Å². The predicted molar refractivity (Wildman–Crippen MR) is 96.3 cm³/mol. The second-order valence-electron chi connectivity index (χ2n) is 6.87. The van der Waals surface area contributed by atoms with Gasteiger partial charge in [-0.1, -0.05) is 13.8 Å². The van der Waals surface area contributed by atoms with E-state index in [0.717, 1.165) is 28.2 Å². The number of hydrogen-bond donors (Lipinski definition) is 0. The molecule has 5 heteroatoms. The van der Waals surface area contributed by atoms with Crippen LogP contribution in [0.4, 0.5) is 0 Å². The third-order valence-electron chi connectivity index (χ3n) is 4.44. The summed E-state index contributed by atoms with van der Waals surface area (Å²) in [6, 6.07) is 4.54. The SMILES string of the molecule is CO[C@H](C)c1cc(-c2ccnn2C(C)C)cn2cc(C(C)C)nc12. The lowest BCUT2D eigenvalue weighted by atomic mass is 10.1. The van der Waals surface area contributed by atoms with E-state index in [2.05, 4.69) is 68.6 Å². The number of fused-ring (bicyclic) bond motifs is 1. The molecule has 0 fully saturated rings. The van der Waals surface area contributed by atoms with Crippen molar-refractivity contribution < 1.29 is 4.74 Å². The average molecular weight is 326 g/mol. The van der Waals surface area contributed by atoms with E-state index >= 15 is 0 Å². The van der Waals surface area contributed by atoms with Gasteiger partial charge >= 0.3 is 0 Å². The van der Waals surface area contributed by atoms with E-state index in [9.17, 15) is 0 Å². The van der Waals surface area contributed by atoms with Crippen LogP contribution in [0.25, 0.3) is 16.9 Å². The molecule has 3 aromatic rings. The quantitative estimate of drug-likeness (QED) is 0.688. The van der Waals surface area contributed by atoms with Crippen molar-refractivity contribution >= 4 is 5.65 Å². The number of ether oxygens (including phenoxy) is 1. The van der Waals surface area contributed by atoms with Crippen molar-refractivity contribution in [2.45, 2.75) is 52.7 Å². The molecule has 128 valence electrons. The molecule has 3 aromatic heterocycles. The van der Waals surface area contributed by atoms with Gasteiger partial charge in [0.2, 0.25) is 0 Å². The van der Waals surface area contributed by atoms with Gasteiger partial charge in [-0.2, -0.15) is 5.10 Å². The van der Waals surface area contributed by atoms with Crippen LogP contribution >= 0.6 is 0 Å². The summed E-state index contributed by atoms with van der Waals surface area (Å²) in [4.78, 5) is 4.82. The number of hydrogen-bond acceptors (Lipinski definition) is 3. The first kappa shape index (κ1) is 16.7. The Bertz CT molecular complexity index is 844. The van der Waals surface area contributed by atoms with Crippen LogP contribution in [0.3, 0.4) is 0 Å². The van der Waals surface area contributed by atoms with Crippen molar-refractivity contribution in [2.75, 3.05) is 7.11 Å². The maximum atomic E-state index is 5.59. The topological polar surface area (TPSA) is 44.4 Å². The van der Waals surface area contributed by atoms with Gasteiger partial charge < -0.3 is 9.14 Å². The Morgan fingerprint density at radius 3 is 2.46 bits per heavy atom. The van der Waals surface area contributed by atoms with E-state index in [-0.39, 0.29) is 6.10 Å². The molecule has 3 rings (SSSR count). The highest BCUT2D eigenvalue weighted by Gasteiger charge is 2.17. The van der Waals surface area contributed by atoms with Crippen LogP contribution in [0.2, 0.25) is 0 Å². The second kappa shape index (κ2) is 6.40. The summed E-state index contributed by atoms with van der Waals surface area (Å²) in [5.74, 6) is 0.389. The molecule has 5 nitrogen and oxygen atoms in total. The molecule has 1 atom stereocenters. The van der Waals surface area contributed by atoms with Gasteiger partial charge in [0.1, 0.15) is 5.65 Å². The van der Waals surface area contributed by atoms with Crippen molar-refractivity contribution in [1.29, 1.82) is 0 Å². The molecule has 0 bridgehead atoms. The number of rotatable bonds is 5. The predicted octanol–water partition coefficient (Wildman–Crippen LogP) is 4.61. The number of methoxy groups -OCH3 is 1. The third-order valence-corrected chi connectivity index (χ3v) is 4.44. The molecule has 0 aliphatic rings. The summed E-state index contributed by atoms with van der Waals surface area (Å²) in [5.41, 5.74) is 5.39. The molecule has 0 aliphatic carbocycles. The maximum absolute atomic E-state index is 5.59. The minimum Gasteiger partial charge on any atom is -0.377 e. The number of nitrogens with zero attached hydrogens (tertiary/aromatic N) is 4. The minimum atomic E-state index is -0.0229. The fraction of sp³-hybridized carbons (Fsp3) is 0.474. The van der Waals surface area contributed by atoms with Crippen molar-refractivity contribution in [2.24, 2.45) is 0 Å². The Kier molecular flexibility index (Phi) is 4.45. The van der Waals surface area contributed by atoms with Gasteiger partial charge in [-0.25, -0.2) is 4.98 Å². The van der Waals surface area contributed by atoms with Crippen molar-refractivity contribution in [3.63, 3.8) is 0 Å². The lowest BCUT2D eigenvalue weighted by molar-refractivity contribution is 0.120. The highest BCUT2D eigenvalue weighted by Crippen LogP contribution is 2.30. The second-order valence-corrected chi connectivity index (χ2v) is 6.87. The Morgan fingerprint density at radius 2 is 1.83 bits per heavy atom. The van der Waals surface area contributed by atoms with Crippen molar-refractivity contribution in [3.8, 4) is 11.3 Å². The number of aromatic nitrogens is 4. The molecular formula is C19H26N4O. The smallest absolute Gasteiger partial charge is 0.142 e. The van der Waals surface area contributed by atoms with Gasteiger partial charge in [0.25, 0.3) is 0 Å². The fourth-order valence-corrected chi connectivity index (χ4v) is 2.94. The van der Waals surface area contributed by atoms with Crippen LogP contribution in [0, 0.1) is 0 Å². The molecule has 0 aromatic carbocycles. The van der Waals surface area contributed by atoms with Crippen molar-refractivity contribution in [3.05, 3.63) is 42.0 Å². The molecule has 0 amide bonds. The summed E-state index contributed by atoms with van der Waals surface area (Å²) in [5, 5.41) is 4.46. The van der Waals surface area contributed by atoms with E-state index in [1.807, 2.05) is 10.9 Å². The van der Waals surface area contributed by atoms with Gasteiger partial charge in [0.15, 0.2) is 0 Å². The van der Waals surface area contributed by atoms with Crippen LogP contribution in [0.1, 0.15) is 63.9 Å². The van der Waals surface area contributed by atoms with Gasteiger partial charge in [0, 0.05) is 42.9 Å². The highest BCUT2D eigenvalue weighted by atomic mass is 16.5. The maximum Gasteiger partial charge on any atom is 0.142 e. The molecule has 3 heterocycles. The molecule has 24 heavy (non-hydrogen) atoms. The number of imidazole rings is 1. The Balaban J connectivity index is 2.24. The lowest BCUT2D eigenvalue weighted by Crippen LogP contribution is -2.06. The van der Waals surface area contributed by atoms with Gasteiger partial charge in [-0.3, -0.25) is 4.68 Å². The summed E-state index contributed by atoms with van der Waals surface area (Å²) in [7, 11) is 1.73. The standard InChI is InChI=1S/C19H26N4O/c1-12(2)17-11-22-10-15(18-7-8-20-23(18)13(3)4)9-16(14(5)24-6)19(22)21-17/h7-14H,1-6H3/t14-/m1/s1. The Labute approximate surface area is 143 Å². The van der Waals surface area contributed by atoms with Crippen LogP contribution in [0.15, 0.2) is 30.7 Å². The zero-order valence-electron chi connectivity index (χ0n) is 15.3. The van der Waals surface area contributed by atoms with Crippen LogP contribution < -0.4 is 0 Å². The summed E-state index contributed by atoms with van der Waals surface area (Å²) < 4.78 is 9.75. The van der Waals surface area contributed by atoms with E-state index in [1.165, 1.54) is 0 Å². The average Bonchev–Trinajstić information content (AvgIpc) is 3.19. The van der Waals surface area contributed by atoms with Gasteiger partial charge in [0.05, 0.1) is 17.5 Å². The van der Waals surface area contributed by atoms with Gasteiger partial charge in [-0.05, 0) is 38.8 Å². The van der Waals surface area contributed by atoms with E-state index < -0.39 is 0 Å². The summed E-state index contributed by atoms with van der Waals surface area (Å²) >= 11 is 0. The molecular weight excluding hydrogens is 300 g/mol. The summed E-state index contributed by atoms with van der Waals surface area (Å²) in [6.45, 7) is 10.7. The van der Waals surface area contributed by atoms with Gasteiger partial charge in [-0.15, -0.1) is 0 Å². The van der Waals surface area contributed by atoms with Crippen molar-refractivity contribution in [1.82, 2.24) is 19.2 Å². The number of pyridine rings is 1. The molecule has 0 N–H and O–H groups in total. The molecule has 0 unspecified atom stereocenters. The van der Waals surface area contributed by atoms with E-state index in [1.54, 1.807) is 7.11 Å². The first-order valence-corrected chi connectivity index (χ1v) is 8.51. The van der Waals surface area contributed by atoms with Crippen LogP contribution in [-0.4, -0.2) is 26.3 Å². The third kappa shape index (κ3) is 2.84. The molecule has 0 spiro atoms. The summed E-state index contributed by atoms with van der Waals surface area (Å²) in [6.07, 6.45) is 6.08. The first-order chi connectivity index (χ1) is 11.4. The zero-order valence-corrected chi connectivity index (χ0v) is 15.3. The molecule has 0 aliphatic heterocycles. The zero-order chi connectivity index (χ0) is 17.4. The first-order valence-electron chi connectivity index (χ1n) is 8.51. The Hall–Kier alpha value is -2.14. The highest BCUT2D eigenvalue weighted by molar-refractivity contribution is 5.65. The fourth-order valence-electron chi connectivity index (χ4n) is 2.94. The van der Waals surface area contributed by atoms with E-state index in [4.69, 9.17) is 9.72 Å². The van der Waals surface area contributed by atoms with E-state index in [0.29, 0.717) is 12.0 Å². The van der Waals surface area contributed by atoms with Crippen LogP contribution in [0.5, 0.6) is 0 Å². The Morgan fingerprint density at radius 1 is 1.08 bits per heavy atom. The minimum absolute atomic E-state index is 0.0229. The normalized spacial score (nSPS) is 13.3. The lowest BCUT2D eigenvalue weighted by Gasteiger charge is -2.15. The monoisotopic (exact) mass is 326 g/mol. The molecule has 0 saturated heterocycles. The largest absolute Gasteiger partial charge is 0.377 e.